The molecule has 1 atom stereocenters. The summed E-state index contributed by atoms with van der Waals surface area (Å²) in [5, 5.41) is 7.65. The Morgan fingerprint density at radius 3 is 2.63 bits per heavy atom. The van der Waals surface area contributed by atoms with E-state index < -0.39 is 0 Å². The lowest BCUT2D eigenvalue weighted by atomic mass is 10.0. The first-order valence-corrected chi connectivity index (χ1v) is 12.5. The summed E-state index contributed by atoms with van der Waals surface area (Å²) in [6.45, 7) is 2.73. The second-order valence-electron chi connectivity index (χ2n) is 9.36. The Labute approximate surface area is 206 Å². The molecule has 1 aliphatic heterocycles. The van der Waals surface area contributed by atoms with Crippen molar-refractivity contribution in [1.29, 1.82) is 0 Å². The lowest BCUT2D eigenvalue weighted by Crippen LogP contribution is -2.55. The lowest BCUT2D eigenvalue weighted by molar-refractivity contribution is 0.0775. The van der Waals surface area contributed by atoms with Crippen molar-refractivity contribution in [2.45, 2.75) is 44.2 Å². The first-order valence-electron chi connectivity index (χ1n) is 12.5. The van der Waals surface area contributed by atoms with E-state index in [1.54, 1.807) is 13.3 Å². The van der Waals surface area contributed by atoms with Gasteiger partial charge in [0.15, 0.2) is 11.5 Å². The quantitative estimate of drug-likeness (QED) is 0.492. The Kier molecular flexibility index (Phi) is 7.28. The highest BCUT2D eigenvalue weighted by molar-refractivity contribution is 5.79. The predicted molar refractivity (Wildman–Crippen MR) is 134 cm³/mol. The molecule has 3 aromatic rings. The summed E-state index contributed by atoms with van der Waals surface area (Å²) in [7, 11) is 1.69. The fraction of sp³-hybridized carbons (Fsp3) is 0.444. The highest BCUT2D eigenvalue weighted by atomic mass is 16.5. The SMILES string of the molecule is COc1ccc(N2CCN(CC(=O)n3ccnn3)[C@@H](Cc3ccccc3)C2)cc1OC1CCCC1. The van der Waals surface area contributed by atoms with Crippen molar-refractivity contribution in [3.8, 4) is 11.5 Å². The monoisotopic (exact) mass is 475 g/mol. The molecule has 1 aromatic heterocycles. The fourth-order valence-electron chi connectivity index (χ4n) is 5.14. The lowest BCUT2D eigenvalue weighted by Gasteiger charge is -2.42. The summed E-state index contributed by atoms with van der Waals surface area (Å²) < 4.78 is 13.3. The van der Waals surface area contributed by atoms with Crippen LogP contribution in [0.1, 0.15) is 36.0 Å². The third-order valence-corrected chi connectivity index (χ3v) is 7.04. The van der Waals surface area contributed by atoms with Crippen LogP contribution in [0.2, 0.25) is 0 Å². The molecule has 8 heteroatoms. The molecular formula is C27H33N5O3. The van der Waals surface area contributed by atoms with Crippen molar-refractivity contribution < 1.29 is 14.3 Å². The average Bonchev–Trinajstić information content (AvgIpc) is 3.61. The molecule has 2 heterocycles. The van der Waals surface area contributed by atoms with Gasteiger partial charge >= 0.3 is 0 Å². The number of carbonyl (C=O) groups excluding carboxylic acids is 1. The highest BCUT2D eigenvalue weighted by Crippen LogP contribution is 2.35. The molecule has 2 aliphatic rings. The maximum absolute atomic E-state index is 12.8. The maximum atomic E-state index is 12.8. The van der Waals surface area contributed by atoms with Crippen LogP contribution in [0.3, 0.4) is 0 Å². The van der Waals surface area contributed by atoms with Crippen molar-refractivity contribution in [3.63, 3.8) is 0 Å². The summed E-state index contributed by atoms with van der Waals surface area (Å²) in [6.07, 6.45) is 8.93. The zero-order valence-electron chi connectivity index (χ0n) is 20.3. The Hall–Kier alpha value is -3.39. The van der Waals surface area contributed by atoms with E-state index in [0.29, 0.717) is 6.54 Å². The van der Waals surface area contributed by atoms with Gasteiger partial charge in [-0.1, -0.05) is 35.5 Å². The van der Waals surface area contributed by atoms with Gasteiger partial charge in [0.2, 0.25) is 0 Å². The Morgan fingerprint density at radius 1 is 1.06 bits per heavy atom. The van der Waals surface area contributed by atoms with Crippen LogP contribution in [0, 0.1) is 0 Å². The molecule has 0 N–H and O–H groups in total. The number of carbonyl (C=O) groups is 1. The van der Waals surface area contributed by atoms with Gasteiger partial charge in [0, 0.05) is 37.4 Å². The summed E-state index contributed by atoms with van der Waals surface area (Å²) in [5.41, 5.74) is 2.39. The molecule has 184 valence electrons. The van der Waals surface area contributed by atoms with Crippen LogP contribution in [-0.2, 0) is 6.42 Å². The van der Waals surface area contributed by atoms with Crippen molar-refractivity contribution in [2.24, 2.45) is 0 Å². The molecule has 0 spiro atoms. The molecule has 2 aromatic carbocycles. The maximum Gasteiger partial charge on any atom is 0.262 e. The standard InChI is InChI=1S/C27H33N5O3/c1-34-25-12-11-22(18-26(25)35-24-9-5-6-10-24)30-15-16-31(20-27(33)32-14-13-28-29-32)23(19-30)17-21-7-3-2-4-8-21/h2-4,7-8,11-14,18,23-24H,5-6,9-10,15-17,19-20H2,1H3/t23-/m0/s1. The second-order valence-corrected chi connectivity index (χ2v) is 9.36. The highest BCUT2D eigenvalue weighted by Gasteiger charge is 2.30. The van der Waals surface area contributed by atoms with Gasteiger partial charge in [0.05, 0.1) is 32.2 Å². The number of rotatable bonds is 8. The fourth-order valence-corrected chi connectivity index (χ4v) is 5.14. The molecule has 2 fully saturated rings. The van der Waals surface area contributed by atoms with Crippen molar-refractivity contribution in [3.05, 3.63) is 66.5 Å². The van der Waals surface area contributed by atoms with E-state index >= 15 is 0 Å². The summed E-state index contributed by atoms with van der Waals surface area (Å²) in [5.74, 6) is 1.53. The molecule has 5 rings (SSSR count). The number of hydrogen-bond acceptors (Lipinski definition) is 7. The predicted octanol–water partition coefficient (Wildman–Crippen LogP) is 3.68. The van der Waals surface area contributed by atoms with Crippen LogP contribution < -0.4 is 14.4 Å². The molecule has 8 nitrogen and oxygen atoms in total. The Balaban J connectivity index is 1.34. The van der Waals surface area contributed by atoms with Crippen molar-refractivity contribution >= 4 is 11.6 Å². The molecule has 0 radical (unpaired) electrons. The van der Waals surface area contributed by atoms with Gasteiger partial charge < -0.3 is 14.4 Å². The van der Waals surface area contributed by atoms with Gasteiger partial charge in [-0.3, -0.25) is 9.69 Å². The van der Waals surface area contributed by atoms with Gasteiger partial charge in [0.25, 0.3) is 5.91 Å². The molecule has 0 bridgehead atoms. The average molecular weight is 476 g/mol. The number of piperazine rings is 1. The van der Waals surface area contributed by atoms with Crippen LogP contribution >= 0.6 is 0 Å². The van der Waals surface area contributed by atoms with E-state index in [9.17, 15) is 4.79 Å². The number of hydrogen-bond donors (Lipinski definition) is 0. The van der Waals surface area contributed by atoms with E-state index in [2.05, 4.69) is 56.5 Å². The van der Waals surface area contributed by atoms with Crippen molar-refractivity contribution in [2.75, 3.05) is 38.2 Å². The minimum absolute atomic E-state index is 0.0642. The number of nitrogens with zero attached hydrogens (tertiary/aromatic N) is 5. The van der Waals surface area contributed by atoms with E-state index in [1.807, 2.05) is 12.1 Å². The molecule has 35 heavy (non-hydrogen) atoms. The molecule has 1 saturated carbocycles. The second kappa shape index (κ2) is 10.9. The van der Waals surface area contributed by atoms with E-state index in [1.165, 1.54) is 29.3 Å². The topological polar surface area (TPSA) is 72.7 Å². The van der Waals surface area contributed by atoms with Crippen LogP contribution in [0.4, 0.5) is 5.69 Å². The van der Waals surface area contributed by atoms with Gasteiger partial charge in [-0.05, 0) is 49.8 Å². The normalized spacial score (nSPS) is 19.1. The number of ether oxygens (including phenoxy) is 2. The van der Waals surface area contributed by atoms with Gasteiger partial charge in [-0.2, -0.15) is 4.68 Å². The smallest absolute Gasteiger partial charge is 0.262 e. The Morgan fingerprint density at radius 2 is 1.89 bits per heavy atom. The van der Waals surface area contributed by atoms with Gasteiger partial charge in [-0.25, -0.2) is 0 Å². The first-order chi connectivity index (χ1) is 17.2. The van der Waals surface area contributed by atoms with Crippen LogP contribution in [-0.4, -0.2) is 71.2 Å². The Bertz CT molecular complexity index is 1100. The van der Waals surface area contributed by atoms with Crippen LogP contribution in [0.5, 0.6) is 11.5 Å². The number of anilines is 1. The number of methoxy groups -OCH3 is 1. The van der Waals surface area contributed by atoms with E-state index in [0.717, 1.165) is 56.1 Å². The zero-order valence-corrected chi connectivity index (χ0v) is 20.3. The van der Waals surface area contributed by atoms with Crippen molar-refractivity contribution in [1.82, 2.24) is 19.9 Å². The molecule has 0 amide bonds. The third kappa shape index (κ3) is 5.65. The first kappa shape index (κ1) is 23.4. The molecular weight excluding hydrogens is 442 g/mol. The zero-order chi connectivity index (χ0) is 24.0. The van der Waals surface area contributed by atoms with Gasteiger partial charge in [-0.15, -0.1) is 5.10 Å². The van der Waals surface area contributed by atoms with E-state index in [-0.39, 0.29) is 18.1 Å². The number of benzene rings is 2. The van der Waals surface area contributed by atoms with Crippen LogP contribution in [0.15, 0.2) is 60.9 Å². The minimum atomic E-state index is -0.0642. The minimum Gasteiger partial charge on any atom is -0.493 e. The van der Waals surface area contributed by atoms with E-state index in [4.69, 9.17) is 9.47 Å². The summed E-state index contributed by atoms with van der Waals surface area (Å²) in [6, 6.07) is 16.9. The largest absolute Gasteiger partial charge is 0.493 e. The molecule has 1 saturated heterocycles. The molecule has 0 unspecified atom stereocenters. The third-order valence-electron chi connectivity index (χ3n) is 7.04. The summed E-state index contributed by atoms with van der Waals surface area (Å²) in [4.78, 5) is 17.4. The van der Waals surface area contributed by atoms with Crippen LogP contribution in [0.25, 0.3) is 0 Å². The summed E-state index contributed by atoms with van der Waals surface area (Å²) >= 11 is 0. The molecule has 1 aliphatic carbocycles. The number of aromatic nitrogens is 3. The van der Waals surface area contributed by atoms with Gasteiger partial charge in [0.1, 0.15) is 0 Å².